The van der Waals surface area contributed by atoms with Crippen molar-refractivity contribution in [3.05, 3.63) is 29.8 Å². The van der Waals surface area contributed by atoms with Crippen LogP contribution in [-0.2, 0) is 6.42 Å². The molecule has 1 aromatic rings. The third kappa shape index (κ3) is 5.71. The van der Waals surface area contributed by atoms with Crippen LogP contribution >= 0.6 is 0 Å². The molecule has 1 rings (SSSR count). The molecule has 0 bridgehead atoms. The first-order valence-corrected chi connectivity index (χ1v) is 6.21. The Morgan fingerprint density at radius 3 is 2.71 bits per heavy atom. The van der Waals surface area contributed by atoms with Gasteiger partial charge in [0.2, 0.25) is 0 Å². The highest BCUT2D eigenvalue weighted by Gasteiger charge is 2.01. The molecule has 0 fully saturated rings. The van der Waals surface area contributed by atoms with Gasteiger partial charge in [-0.05, 0) is 51.4 Å². The van der Waals surface area contributed by atoms with E-state index in [9.17, 15) is 0 Å². The lowest BCUT2D eigenvalue weighted by atomic mass is 10.1. The number of ether oxygens (including phenoxy) is 1. The number of hydrogen-bond acceptors (Lipinski definition) is 3. The summed E-state index contributed by atoms with van der Waals surface area (Å²) >= 11 is 0. The molecule has 0 aliphatic rings. The van der Waals surface area contributed by atoms with Gasteiger partial charge in [0.15, 0.2) is 0 Å². The number of hydrogen-bond donors (Lipinski definition) is 2. The molecule has 3 heteroatoms. The smallest absolute Gasteiger partial charge is 0.119 e. The Labute approximate surface area is 104 Å². The second-order valence-electron chi connectivity index (χ2n) is 4.60. The van der Waals surface area contributed by atoms with Crippen LogP contribution in [0.25, 0.3) is 0 Å². The summed E-state index contributed by atoms with van der Waals surface area (Å²) in [6.45, 7) is 7.07. The molecule has 0 radical (unpaired) electrons. The Hall–Kier alpha value is -1.06. The number of aliphatic hydroxyl groups excluding tert-OH is 1. The third-order valence-corrected chi connectivity index (χ3v) is 2.45. The van der Waals surface area contributed by atoms with E-state index in [1.807, 2.05) is 32.9 Å². The summed E-state index contributed by atoms with van der Waals surface area (Å²) in [5.41, 5.74) is 1.25. The lowest BCUT2D eigenvalue weighted by molar-refractivity contribution is 0.242. The fourth-order valence-corrected chi connectivity index (χ4v) is 1.57. The summed E-state index contributed by atoms with van der Waals surface area (Å²) in [6, 6.07) is 8.32. The van der Waals surface area contributed by atoms with Gasteiger partial charge in [0.1, 0.15) is 5.75 Å². The van der Waals surface area contributed by atoms with Crippen LogP contribution in [0.3, 0.4) is 0 Å². The Bertz CT molecular complexity index is 326. The lowest BCUT2D eigenvalue weighted by Crippen LogP contribution is -2.30. The van der Waals surface area contributed by atoms with Gasteiger partial charge in [-0.2, -0.15) is 0 Å². The predicted octanol–water partition coefficient (Wildman–Crippen LogP) is 1.99. The van der Waals surface area contributed by atoms with E-state index in [0.717, 1.165) is 18.7 Å². The van der Waals surface area contributed by atoms with Crippen molar-refractivity contribution in [3.8, 4) is 5.75 Å². The van der Waals surface area contributed by atoms with Gasteiger partial charge < -0.3 is 15.2 Å². The molecule has 1 atom stereocenters. The minimum absolute atomic E-state index is 0.157. The molecule has 17 heavy (non-hydrogen) atoms. The zero-order valence-corrected chi connectivity index (χ0v) is 10.9. The van der Waals surface area contributed by atoms with Crippen molar-refractivity contribution < 1.29 is 9.84 Å². The topological polar surface area (TPSA) is 41.5 Å². The molecule has 96 valence electrons. The Balaban J connectivity index is 2.43. The molecule has 0 amide bonds. The van der Waals surface area contributed by atoms with Gasteiger partial charge >= 0.3 is 0 Å². The van der Waals surface area contributed by atoms with Crippen LogP contribution in [-0.4, -0.2) is 30.4 Å². The minimum Gasteiger partial charge on any atom is -0.491 e. The maximum Gasteiger partial charge on any atom is 0.119 e. The quantitative estimate of drug-likeness (QED) is 0.762. The monoisotopic (exact) mass is 237 g/mol. The van der Waals surface area contributed by atoms with E-state index in [-0.39, 0.29) is 18.8 Å². The summed E-state index contributed by atoms with van der Waals surface area (Å²) in [4.78, 5) is 0. The van der Waals surface area contributed by atoms with Gasteiger partial charge in [0, 0.05) is 6.04 Å². The molecular formula is C14H23NO2. The van der Waals surface area contributed by atoms with Crippen molar-refractivity contribution in [2.24, 2.45) is 0 Å². The lowest BCUT2D eigenvalue weighted by Gasteiger charge is -2.12. The first-order chi connectivity index (χ1) is 8.11. The van der Waals surface area contributed by atoms with E-state index in [1.54, 1.807) is 0 Å². The zero-order valence-electron chi connectivity index (χ0n) is 10.9. The molecule has 0 saturated heterocycles. The van der Waals surface area contributed by atoms with Gasteiger partial charge in [0.05, 0.1) is 12.7 Å². The standard InChI is InChI=1S/C14H23NO2/c1-11(2)17-14-6-4-5-13(9-14)7-8-15-12(3)10-16/h4-6,9,11-12,15-16H,7-8,10H2,1-3H3/t12-/m1/s1. The first-order valence-electron chi connectivity index (χ1n) is 6.21. The third-order valence-electron chi connectivity index (χ3n) is 2.45. The molecule has 3 nitrogen and oxygen atoms in total. The van der Waals surface area contributed by atoms with Crippen molar-refractivity contribution in [2.45, 2.75) is 39.3 Å². The minimum atomic E-state index is 0.157. The van der Waals surface area contributed by atoms with Gasteiger partial charge in [-0.3, -0.25) is 0 Å². The van der Waals surface area contributed by atoms with Crippen LogP contribution in [0.2, 0.25) is 0 Å². The summed E-state index contributed by atoms with van der Waals surface area (Å²) in [5, 5.41) is 12.1. The van der Waals surface area contributed by atoms with Crippen molar-refractivity contribution >= 4 is 0 Å². The van der Waals surface area contributed by atoms with Crippen molar-refractivity contribution in [1.82, 2.24) is 5.32 Å². The van der Waals surface area contributed by atoms with Gasteiger partial charge in [-0.15, -0.1) is 0 Å². The average molecular weight is 237 g/mol. The highest BCUT2D eigenvalue weighted by atomic mass is 16.5. The van der Waals surface area contributed by atoms with Crippen molar-refractivity contribution in [1.29, 1.82) is 0 Å². The van der Waals surface area contributed by atoms with Crippen LogP contribution in [0.1, 0.15) is 26.3 Å². The van der Waals surface area contributed by atoms with E-state index < -0.39 is 0 Å². The van der Waals surface area contributed by atoms with Crippen LogP contribution in [0.5, 0.6) is 5.75 Å². The zero-order chi connectivity index (χ0) is 12.7. The first kappa shape index (κ1) is 14.0. The SMILES string of the molecule is CC(C)Oc1cccc(CCN[C@H](C)CO)c1. The van der Waals surface area contributed by atoms with Gasteiger partial charge in [-0.25, -0.2) is 0 Å². The second-order valence-corrected chi connectivity index (χ2v) is 4.60. The van der Waals surface area contributed by atoms with Crippen molar-refractivity contribution in [2.75, 3.05) is 13.2 Å². The van der Waals surface area contributed by atoms with Crippen LogP contribution in [0.15, 0.2) is 24.3 Å². The summed E-state index contributed by atoms with van der Waals surface area (Å²) < 4.78 is 5.64. The van der Waals surface area contributed by atoms with E-state index >= 15 is 0 Å². The summed E-state index contributed by atoms with van der Waals surface area (Å²) in [5.74, 6) is 0.924. The number of benzene rings is 1. The summed E-state index contributed by atoms with van der Waals surface area (Å²) in [6.07, 6.45) is 1.15. The van der Waals surface area contributed by atoms with E-state index in [2.05, 4.69) is 17.4 Å². The molecule has 0 aliphatic heterocycles. The molecule has 0 unspecified atom stereocenters. The molecule has 2 N–H and O–H groups in total. The molecule has 0 aromatic heterocycles. The van der Waals surface area contributed by atoms with E-state index in [4.69, 9.17) is 9.84 Å². The second kappa shape index (κ2) is 7.30. The molecule has 0 saturated carbocycles. The molecule has 1 aromatic carbocycles. The van der Waals surface area contributed by atoms with Crippen molar-refractivity contribution in [3.63, 3.8) is 0 Å². The fraction of sp³-hybridized carbons (Fsp3) is 0.571. The number of rotatable bonds is 7. The largest absolute Gasteiger partial charge is 0.491 e. The highest BCUT2D eigenvalue weighted by molar-refractivity contribution is 5.28. The Morgan fingerprint density at radius 1 is 1.29 bits per heavy atom. The van der Waals surface area contributed by atoms with Gasteiger partial charge in [0.25, 0.3) is 0 Å². The van der Waals surface area contributed by atoms with Crippen LogP contribution in [0.4, 0.5) is 0 Å². The van der Waals surface area contributed by atoms with E-state index in [0.29, 0.717) is 0 Å². The molecule has 0 aliphatic carbocycles. The van der Waals surface area contributed by atoms with Gasteiger partial charge in [-0.1, -0.05) is 12.1 Å². The number of aliphatic hydroxyl groups is 1. The maximum absolute atomic E-state index is 8.89. The van der Waals surface area contributed by atoms with E-state index in [1.165, 1.54) is 5.56 Å². The fourth-order valence-electron chi connectivity index (χ4n) is 1.57. The predicted molar refractivity (Wildman–Crippen MR) is 70.5 cm³/mol. The number of nitrogens with one attached hydrogen (secondary N) is 1. The summed E-state index contributed by atoms with van der Waals surface area (Å²) in [7, 11) is 0. The van der Waals surface area contributed by atoms with Crippen LogP contribution in [0, 0.1) is 0 Å². The van der Waals surface area contributed by atoms with Crippen LogP contribution < -0.4 is 10.1 Å². The molecule has 0 spiro atoms. The normalized spacial score (nSPS) is 12.8. The average Bonchev–Trinajstić information content (AvgIpc) is 2.28. The molecule has 0 heterocycles. The Morgan fingerprint density at radius 2 is 2.06 bits per heavy atom. The maximum atomic E-state index is 8.89. The molecular weight excluding hydrogens is 214 g/mol. The highest BCUT2D eigenvalue weighted by Crippen LogP contribution is 2.15. The Kier molecular flexibility index (Phi) is 6.01.